The Balaban J connectivity index is 1.71. The van der Waals surface area contributed by atoms with Crippen molar-refractivity contribution in [2.24, 2.45) is 0 Å². The predicted octanol–water partition coefficient (Wildman–Crippen LogP) is 3.53. The molecule has 0 atom stereocenters. The van der Waals surface area contributed by atoms with Crippen molar-refractivity contribution in [1.82, 2.24) is 19.6 Å². The summed E-state index contributed by atoms with van der Waals surface area (Å²) >= 11 is 6.50. The van der Waals surface area contributed by atoms with Crippen molar-refractivity contribution in [2.75, 3.05) is 26.2 Å². The molecule has 1 aliphatic rings. The highest BCUT2D eigenvalue weighted by molar-refractivity contribution is 6.33. The first-order valence-corrected chi connectivity index (χ1v) is 9.63. The van der Waals surface area contributed by atoms with E-state index < -0.39 is 5.60 Å². The Morgan fingerprint density at radius 1 is 1.04 bits per heavy atom. The summed E-state index contributed by atoms with van der Waals surface area (Å²) in [6.45, 7) is 8.96. The Kier molecular flexibility index (Phi) is 5.65. The standard InChI is InChI=1S/C20H25ClN4O3/c1-14-16(17(21)25(22-14)15-8-6-5-7-9-15)18(26)23-10-12-24(13-11-23)19(27)28-20(2,3)4/h5-9H,10-13H2,1-4H3. The third-order valence-electron chi connectivity index (χ3n) is 4.44. The molecule has 2 heterocycles. The van der Waals surface area contributed by atoms with Crippen LogP contribution in [0.5, 0.6) is 0 Å². The molecule has 0 N–H and O–H groups in total. The number of para-hydroxylation sites is 1. The van der Waals surface area contributed by atoms with Crippen LogP contribution in [-0.4, -0.2) is 63.4 Å². The summed E-state index contributed by atoms with van der Waals surface area (Å²) in [4.78, 5) is 28.6. The zero-order valence-electron chi connectivity index (χ0n) is 16.6. The fourth-order valence-electron chi connectivity index (χ4n) is 3.06. The number of nitrogens with zero attached hydrogens (tertiary/aromatic N) is 4. The Hall–Kier alpha value is -2.54. The van der Waals surface area contributed by atoms with Crippen LogP contribution in [-0.2, 0) is 4.74 Å². The molecule has 7 nitrogen and oxygen atoms in total. The SMILES string of the molecule is Cc1nn(-c2ccccc2)c(Cl)c1C(=O)N1CCN(C(=O)OC(C)(C)C)CC1. The van der Waals surface area contributed by atoms with E-state index in [2.05, 4.69) is 5.10 Å². The van der Waals surface area contributed by atoms with E-state index in [9.17, 15) is 9.59 Å². The van der Waals surface area contributed by atoms with Gasteiger partial charge in [0.1, 0.15) is 10.8 Å². The van der Waals surface area contributed by atoms with Gasteiger partial charge in [0.05, 0.1) is 16.9 Å². The number of rotatable bonds is 2. The first-order valence-electron chi connectivity index (χ1n) is 9.25. The topological polar surface area (TPSA) is 67.7 Å². The van der Waals surface area contributed by atoms with Crippen LogP contribution in [0.1, 0.15) is 36.8 Å². The number of benzene rings is 1. The molecule has 1 aromatic heterocycles. The molecule has 0 radical (unpaired) electrons. The molecule has 0 bridgehead atoms. The second kappa shape index (κ2) is 7.83. The lowest BCUT2D eigenvalue weighted by Gasteiger charge is -2.35. The Morgan fingerprint density at radius 3 is 2.18 bits per heavy atom. The summed E-state index contributed by atoms with van der Waals surface area (Å²) in [6.07, 6.45) is -0.356. The molecule has 1 aliphatic heterocycles. The van der Waals surface area contributed by atoms with E-state index in [0.717, 1.165) is 5.69 Å². The average molecular weight is 405 g/mol. The van der Waals surface area contributed by atoms with Gasteiger partial charge in [0.25, 0.3) is 5.91 Å². The Bertz CT molecular complexity index is 866. The van der Waals surface area contributed by atoms with Gasteiger partial charge in [-0.15, -0.1) is 0 Å². The van der Waals surface area contributed by atoms with E-state index in [4.69, 9.17) is 16.3 Å². The van der Waals surface area contributed by atoms with Gasteiger partial charge in [-0.05, 0) is 39.8 Å². The summed E-state index contributed by atoms with van der Waals surface area (Å²) < 4.78 is 6.97. The number of carbonyl (C=O) groups excluding carboxylic acids is 2. The highest BCUT2D eigenvalue weighted by Gasteiger charge is 2.31. The number of aryl methyl sites for hydroxylation is 1. The van der Waals surface area contributed by atoms with Crippen molar-refractivity contribution in [3.8, 4) is 5.69 Å². The molecule has 0 aliphatic carbocycles. The lowest BCUT2D eigenvalue weighted by atomic mass is 10.2. The minimum atomic E-state index is -0.541. The third-order valence-corrected chi connectivity index (χ3v) is 4.79. The average Bonchev–Trinajstić information content (AvgIpc) is 2.95. The molecule has 2 aromatic rings. The van der Waals surface area contributed by atoms with Gasteiger partial charge >= 0.3 is 6.09 Å². The molecule has 0 spiro atoms. The molecular formula is C20H25ClN4O3. The van der Waals surface area contributed by atoms with Gasteiger partial charge in [-0.1, -0.05) is 29.8 Å². The molecule has 0 unspecified atom stereocenters. The van der Waals surface area contributed by atoms with Crippen LogP contribution in [0, 0.1) is 6.92 Å². The number of carbonyl (C=O) groups is 2. The first kappa shape index (κ1) is 20.2. The van der Waals surface area contributed by atoms with Crippen LogP contribution >= 0.6 is 11.6 Å². The summed E-state index contributed by atoms with van der Waals surface area (Å²) in [6, 6.07) is 9.45. The molecule has 8 heteroatoms. The summed E-state index contributed by atoms with van der Waals surface area (Å²) in [5, 5.41) is 4.73. The highest BCUT2D eigenvalue weighted by atomic mass is 35.5. The number of piperazine rings is 1. The van der Waals surface area contributed by atoms with Gasteiger partial charge in [0.2, 0.25) is 0 Å². The molecule has 1 saturated heterocycles. The highest BCUT2D eigenvalue weighted by Crippen LogP contribution is 2.25. The fraction of sp³-hybridized carbons (Fsp3) is 0.450. The fourth-order valence-corrected chi connectivity index (χ4v) is 3.41. The van der Waals surface area contributed by atoms with Crippen LogP contribution in [0.4, 0.5) is 4.79 Å². The Morgan fingerprint density at radius 2 is 1.61 bits per heavy atom. The van der Waals surface area contributed by atoms with E-state index in [1.165, 1.54) is 0 Å². The van der Waals surface area contributed by atoms with Gasteiger partial charge in [-0.25, -0.2) is 9.48 Å². The van der Waals surface area contributed by atoms with E-state index in [0.29, 0.717) is 42.6 Å². The van der Waals surface area contributed by atoms with E-state index in [1.807, 2.05) is 51.1 Å². The number of halogens is 1. The quantitative estimate of drug-likeness (QED) is 0.767. The molecule has 0 saturated carbocycles. The second-order valence-electron chi connectivity index (χ2n) is 7.76. The molecule has 150 valence electrons. The minimum Gasteiger partial charge on any atom is -0.444 e. The zero-order valence-corrected chi connectivity index (χ0v) is 17.4. The summed E-state index contributed by atoms with van der Waals surface area (Å²) in [5.41, 5.74) is 1.23. The minimum absolute atomic E-state index is 0.173. The van der Waals surface area contributed by atoms with Crippen molar-refractivity contribution < 1.29 is 14.3 Å². The zero-order chi connectivity index (χ0) is 20.5. The van der Waals surface area contributed by atoms with Crippen molar-refractivity contribution in [3.05, 3.63) is 46.7 Å². The predicted molar refractivity (Wildman–Crippen MR) is 107 cm³/mol. The molecule has 3 rings (SSSR count). The molecular weight excluding hydrogens is 380 g/mol. The number of aromatic nitrogens is 2. The maximum Gasteiger partial charge on any atom is 0.410 e. The number of hydrogen-bond acceptors (Lipinski definition) is 4. The number of amides is 2. The Labute approximate surface area is 169 Å². The smallest absolute Gasteiger partial charge is 0.410 e. The van der Waals surface area contributed by atoms with Gasteiger partial charge < -0.3 is 14.5 Å². The number of ether oxygens (including phenoxy) is 1. The van der Waals surface area contributed by atoms with Crippen molar-refractivity contribution in [2.45, 2.75) is 33.3 Å². The summed E-state index contributed by atoms with van der Waals surface area (Å²) in [7, 11) is 0. The maximum absolute atomic E-state index is 13.0. The van der Waals surface area contributed by atoms with Crippen LogP contribution in [0.15, 0.2) is 30.3 Å². The lowest BCUT2D eigenvalue weighted by molar-refractivity contribution is 0.0140. The van der Waals surface area contributed by atoms with Gasteiger partial charge in [-0.3, -0.25) is 4.79 Å². The summed E-state index contributed by atoms with van der Waals surface area (Å²) in [5.74, 6) is -0.173. The molecule has 28 heavy (non-hydrogen) atoms. The van der Waals surface area contributed by atoms with Crippen molar-refractivity contribution in [1.29, 1.82) is 0 Å². The van der Waals surface area contributed by atoms with E-state index in [1.54, 1.807) is 21.4 Å². The number of hydrogen-bond donors (Lipinski definition) is 0. The van der Waals surface area contributed by atoms with E-state index in [-0.39, 0.29) is 12.0 Å². The monoisotopic (exact) mass is 404 g/mol. The van der Waals surface area contributed by atoms with Crippen molar-refractivity contribution in [3.63, 3.8) is 0 Å². The first-order chi connectivity index (χ1) is 13.2. The lowest BCUT2D eigenvalue weighted by Crippen LogP contribution is -2.51. The van der Waals surface area contributed by atoms with Gasteiger partial charge in [0, 0.05) is 26.2 Å². The van der Waals surface area contributed by atoms with Gasteiger partial charge in [-0.2, -0.15) is 5.10 Å². The normalized spacial score (nSPS) is 14.9. The van der Waals surface area contributed by atoms with E-state index >= 15 is 0 Å². The van der Waals surface area contributed by atoms with Gasteiger partial charge in [0.15, 0.2) is 0 Å². The van der Waals surface area contributed by atoms with Crippen LogP contribution in [0.3, 0.4) is 0 Å². The van der Waals surface area contributed by atoms with Crippen LogP contribution in [0.25, 0.3) is 5.69 Å². The van der Waals surface area contributed by atoms with Crippen molar-refractivity contribution >= 4 is 23.6 Å². The maximum atomic E-state index is 13.0. The molecule has 1 fully saturated rings. The van der Waals surface area contributed by atoms with Crippen LogP contribution < -0.4 is 0 Å². The second-order valence-corrected chi connectivity index (χ2v) is 8.12. The van der Waals surface area contributed by atoms with Crippen LogP contribution in [0.2, 0.25) is 5.15 Å². The third kappa shape index (κ3) is 4.30. The molecule has 1 aromatic carbocycles. The molecule has 2 amide bonds. The largest absolute Gasteiger partial charge is 0.444 e.